The Morgan fingerprint density at radius 1 is 1.00 bits per heavy atom. The third kappa shape index (κ3) is 3.31. The third-order valence-corrected chi connectivity index (χ3v) is 6.56. The van der Waals surface area contributed by atoms with Crippen molar-refractivity contribution >= 4 is 17.7 Å². The van der Waals surface area contributed by atoms with Crippen LogP contribution < -0.4 is 0 Å². The van der Waals surface area contributed by atoms with E-state index in [0.29, 0.717) is 6.04 Å². The Labute approximate surface area is 147 Å². The van der Waals surface area contributed by atoms with E-state index in [2.05, 4.69) is 37.1 Å². The SMILES string of the molecule is O=C([C@H]1CCCCn2nnnc21)N1CCC(N2CCSCC2)CC1. The van der Waals surface area contributed by atoms with Crippen LogP contribution in [0.4, 0.5) is 0 Å². The molecule has 24 heavy (non-hydrogen) atoms. The molecule has 0 radical (unpaired) electrons. The van der Waals surface area contributed by atoms with Gasteiger partial charge in [0.15, 0.2) is 5.82 Å². The van der Waals surface area contributed by atoms with Crippen molar-refractivity contribution in [1.29, 1.82) is 0 Å². The second kappa shape index (κ2) is 7.39. The van der Waals surface area contributed by atoms with E-state index in [1.54, 1.807) is 0 Å². The van der Waals surface area contributed by atoms with Crippen LogP contribution in [0.15, 0.2) is 0 Å². The van der Waals surface area contributed by atoms with E-state index in [4.69, 9.17) is 0 Å². The molecule has 132 valence electrons. The molecule has 0 spiro atoms. The first-order chi connectivity index (χ1) is 11.8. The monoisotopic (exact) mass is 350 g/mol. The molecule has 3 aliphatic rings. The van der Waals surface area contributed by atoms with Gasteiger partial charge in [-0.25, -0.2) is 4.68 Å². The van der Waals surface area contributed by atoms with E-state index in [9.17, 15) is 4.79 Å². The second-order valence-electron chi connectivity index (χ2n) is 7.01. The van der Waals surface area contributed by atoms with Crippen molar-refractivity contribution in [3.05, 3.63) is 5.82 Å². The summed E-state index contributed by atoms with van der Waals surface area (Å²) >= 11 is 2.06. The molecule has 4 heterocycles. The summed E-state index contributed by atoms with van der Waals surface area (Å²) in [6, 6.07) is 0.661. The number of tetrazole rings is 1. The summed E-state index contributed by atoms with van der Waals surface area (Å²) in [6.07, 6.45) is 5.20. The number of likely N-dealkylation sites (tertiary alicyclic amines) is 1. The van der Waals surface area contributed by atoms with Gasteiger partial charge in [-0.15, -0.1) is 5.10 Å². The molecule has 0 bridgehead atoms. The molecule has 0 saturated carbocycles. The second-order valence-corrected chi connectivity index (χ2v) is 8.24. The minimum absolute atomic E-state index is 0.148. The van der Waals surface area contributed by atoms with Crippen LogP contribution in [-0.2, 0) is 11.3 Å². The quantitative estimate of drug-likeness (QED) is 0.792. The maximum absolute atomic E-state index is 13.0. The zero-order chi connectivity index (χ0) is 16.4. The van der Waals surface area contributed by atoms with Crippen molar-refractivity contribution < 1.29 is 4.79 Å². The minimum Gasteiger partial charge on any atom is -0.342 e. The molecule has 1 atom stereocenters. The van der Waals surface area contributed by atoms with Crippen molar-refractivity contribution in [2.24, 2.45) is 0 Å². The molecule has 7 nitrogen and oxygen atoms in total. The highest BCUT2D eigenvalue weighted by Crippen LogP contribution is 2.28. The normalized spacial score (nSPS) is 26.8. The predicted molar refractivity (Wildman–Crippen MR) is 92.9 cm³/mol. The number of fused-ring (bicyclic) bond motifs is 1. The largest absolute Gasteiger partial charge is 0.342 e. The Kier molecular flexibility index (Phi) is 5.03. The first-order valence-electron chi connectivity index (χ1n) is 9.19. The first-order valence-corrected chi connectivity index (χ1v) is 10.3. The van der Waals surface area contributed by atoms with Gasteiger partial charge in [-0.1, -0.05) is 6.42 Å². The van der Waals surface area contributed by atoms with Gasteiger partial charge in [0.1, 0.15) is 0 Å². The molecule has 8 heteroatoms. The highest BCUT2D eigenvalue weighted by molar-refractivity contribution is 7.99. The van der Waals surface area contributed by atoms with Gasteiger partial charge in [0.05, 0.1) is 5.92 Å². The molecular weight excluding hydrogens is 324 g/mol. The number of hydrogen-bond acceptors (Lipinski definition) is 6. The van der Waals surface area contributed by atoms with E-state index < -0.39 is 0 Å². The summed E-state index contributed by atoms with van der Waals surface area (Å²) in [5.74, 6) is 3.37. The molecular formula is C16H26N6OS. The fraction of sp³-hybridized carbons (Fsp3) is 0.875. The van der Waals surface area contributed by atoms with E-state index in [-0.39, 0.29) is 11.8 Å². The smallest absolute Gasteiger partial charge is 0.233 e. The summed E-state index contributed by atoms with van der Waals surface area (Å²) in [5, 5.41) is 12.0. The van der Waals surface area contributed by atoms with Gasteiger partial charge in [-0.3, -0.25) is 9.69 Å². The number of amides is 1. The number of carbonyl (C=O) groups is 1. The van der Waals surface area contributed by atoms with Crippen molar-refractivity contribution in [3.8, 4) is 0 Å². The number of nitrogens with zero attached hydrogens (tertiary/aromatic N) is 6. The number of thioether (sulfide) groups is 1. The molecule has 1 aromatic heterocycles. The Balaban J connectivity index is 1.38. The van der Waals surface area contributed by atoms with Gasteiger partial charge in [0, 0.05) is 50.3 Å². The van der Waals surface area contributed by atoms with Crippen molar-refractivity contribution in [2.75, 3.05) is 37.7 Å². The molecule has 2 fully saturated rings. The lowest BCUT2D eigenvalue weighted by Gasteiger charge is -2.40. The van der Waals surface area contributed by atoms with Crippen LogP contribution in [0.1, 0.15) is 43.8 Å². The standard InChI is InChI=1S/C16H26N6OS/c23-16(14-3-1-2-6-22-15(14)17-18-19-22)21-7-4-13(5-8-21)20-9-11-24-12-10-20/h13-14H,1-12H2/t14-/m0/s1. The number of hydrogen-bond donors (Lipinski definition) is 0. The summed E-state index contributed by atoms with van der Waals surface area (Å²) in [7, 11) is 0. The number of piperidine rings is 1. The van der Waals surface area contributed by atoms with Crippen molar-refractivity contribution in [2.45, 2.75) is 50.6 Å². The van der Waals surface area contributed by atoms with Gasteiger partial charge in [0.25, 0.3) is 0 Å². The highest BCUT2D eigenvalue weighted by atomic mass is 32.2. The van der Waals surface area contributed by atoms with E-state index in [1.165, 1.54) is 24.6 Å². The molecule has 0 aliphatic carbocycles. The maximum atomic E-state index is 13.0. The number of aryl methyl sites for hydroxylation is 1. The molecule has 3 aliphatic heterocycles. The van der Waals surface area contributed by atoms with Gasteiger partial charge in [-0.05, 0) is 36.1 Å². The summed E-state index contributed by atoms with van der Waals surface area (Å²) in [5.41, 5.74) is 0. The van der Waals surface area contributed by atoms with Crippen LogP contribution in [-0.4, -0.2) is 79.6 Å². The Morgan fingerprint density at radius 2 is 1.79 bits per heavy atom. The van der Waals surface area contributed by atoms with Gasteiger partial charge < -0.3 is 4.90 Å². The van der Waals surface area contributed by atoms with Crippen LogP contribution in [0.2, 0.25) is 0 Å². The third-order valence-electron chi connectivity index (χ3n) is 5.62. The Hall–Kier alpha value is -1.15. The van der Waals surface area contributed by atoms with Crippen LogP contribution in [0, 0.1) is 0 Å². The van der Waals surface area contributed by atoms with E-state index in [0.717, 1.165) is 57.6 Å². The van der Waals surface area contributed by atoms with E-state index >= 15 is 0 Å². The number of rotatable bonds is 2. The van der Waals surface area contributed by atoms with Crippen LogP contribution >= 0.6 is 11.8 Å². The van der Waals surface area contributed by atoms with E-state index in [1.807, 2.05) is 4.68 Å². The van der Waals surface area contributed by atoms with Crippen molar-refractivity contribution in [3.63, 3.8) is 0 Å². The zero-order valence-corrected chi connectivity index (χ0v) is 15.0. The zero-order valence-electron chi connectivity index (χ0n) is 14.1. The summed E-state index contributed by atoms with van der Waals surface area (Å²) in [4.78, 5) is 17.7. The fourth-order valence-electron chi connectivity index (χ4n) is 4.21. The first kappa shape index (κ1) is 16.3. The number of aromatic nitrogens is 4. The molecule has 4 rings (SSSR count). The topological polar surface area (TPSA) is 67.2 Å². The predicted octanol–water partition coefficient (Wildman–Crippen LogP) is 0.980. The Morgan fingerprint density at radius 3 is 2.58 bits per heavy atom. The summed E-state index contributed by atoms with van der Waals surface area (Å²) in [6.45, 7) is 5.01. The average molecular weight is 350 g/mol. The lowest BCUT2D eigenvalue weighted by Crippen LogP contribution is -2.50. The minimum atomic E-state index is -0.148. The van der Waals surface area contributed by atoms with Crippen LogP contribution in [0.5, 0.6) is 0 Å². The highest BCUT2D eigenvalue weighted by Gasteiger charge is 2.34. The molecule has 1 aromatic rings. The molecule has 0 unspecified atom stereocenters. The molecule has 1 amide bonds. The number of carbonyl (C=O) groups excluding carboxylic acids is 1. The van der Waals surface area contributed by atoms with Crippen LogP contribution in [0.25, 0.3) is 0 Å². The molecule has 2 saturated heterocycles. The fourth-order valence-corrected chi connectivity index (χ4v) is 5.14. The van der Waals surface area contributed by atoms with Gasteiger partial charge in [0.2, 0.25) is 5.91 Å². The maximum Gasteiger partial charge on any atom is 0.233 e. The lowest BCUT2D eigenvalue weighted by molar-refractivity contribution is -0.134. The lowest BCUT2D eigenvalue weighted by atomic mass is 9.97. The average Bonchev–Trinajstić information content (AvgIpc) is 3.01. The summed E-state index contributed by atoms with van der Waals surface area (Å²) < 4.78 is 1.83. The van der Waals surface area contributed by atoms with Gasteiger partial charge >= 0.3 is 0 Å². The molecule has 0 N–H and O–H groups in total. The van der Waals surface area contributed by atoms with Gasteiger partial charge in [-0.2, -0.15) is 11.8 Å². The van der Waals surface area contributed by atoms with Crippen molar-refractivity contribution in [1.82, 2.24) is 30.0 Å². The Bertz CT molecular complexity index is 565. The van der Waals surface area contributed by atoms with Crippen LogP contribution in [0.3, 0.4) is 0 Å². The molecule has 0 aromatic carbocycles.